The van der Waals surface area contributed by atoms with Crippen LogP contribution in [-0.4, -0.2) is 32.6 Å². The average Bonchev–Trinajstić information content (AvgIpc) is 2.73. The van der Waals surface area contributed by atoms with E-state index >= 15 is 0 Å². The molecule has 0 unspecified atom stereocenters. The third-order valence-electron chi connectivity index (χ3n) is 4.31. The number of amides is 2. The molecule has 2 aromatic rings. The van der Waals surface area contributed by atoms with E-state index in [2.05, 4.69) is 10.6 Å². The zero-order chi connectivity index (χ0) is 21.9. The molecule has 0 saturated carbocycles. The maximum Gasteiger partial charge on any atom is 0.267 e. The van der Waals surface area contributed by atoms with Gasteiger partial charge in [0.15, 0.2) is 11.5 Å². The van der Waals surface area contributed by atoms with Crippen LogP contribution < -0.4 is 20.1 Å². The van der Waals surface area contributed by atoms with Crippen LogP contribution in [-0.2, 0) is 16.0 Å². The van der Waals surface area contributed by atoms with Crippen molar-refractivity contribution in [3.63, 3.8) is 0 Å². The molecule has 2 amide bonds. The van der Waals surface area contributed by atoms with Gasteiger partial charge >= 0.3 is 0 Å². The molecule has 0 bridgehead atoms. The molecule has 2 rings (SSSR count). The van der Waals surface area contributed by atoms with Gasteiger partial charge in [-0.2, -0.15) is 0 Å². The Bertz CT molecular complexity index is 912. The molecular weight excluding hydrogens is 387 g/mol. The highest BCUT2D eigenvalue weighted by molar-refractivity contribution is 6.01. The third-order valence-corrected chi connectivity index (χ3v) is 4.31. The summed E-state index contributed by atoms with van der Waals surface area (Å²) in [5.74, 6) is -0.177. The number of ether oxygens (including phenoxy) is 2. The molecule has 0 aliphatic heterocycles. The number of nitrogens with one attached hydrogen (secondary N) is 2. The van der Waals surface area contributed by atoms with Crippen molar-refractivity contribution in [1.29, 1.82) is 0 Å². The fraction of sp³-hybridized carbons (Fsp3) is 0.304. The van der Waals surface area contributed by atoms with Gasteiger partial charge in [-0.05, 0) is 47.9 Å². The van der Waals surface area contributed by atoms with Crippen molar-refractivity contribution >= 4 is 17.9 Å². The van der Waals surface area contributed by atoms with Crippen LogP contribution in [0.5, 0.6) is 11.5 Å². The molecule has 0 heterocycles. The number of benzene rings is 2. The van der Waals surface area contributed by atoms with Crippen LogP contribution in [0.1, 0.15) is 30.9 Å². The number of carbonyl (C=O) groups excluding carboxylic acids is 2. The molecule has 0 spiro atoms. The monoisotopic (exact) mass is 414 g/mol. The Morgan fingerprint density at radius 1 is 1.07 bits per heavy atom. The first-order valence-corrected chi connectivity index (χ1v) is 9.73. The minimum absolute atomic E-state index is 0.0523. The Kier molecular flexibility index (Phi) is 8.87. The quantitative estimate of drug-likeness (QED) is 0.461. The number of carbonyl (C=O) groups is 2. The van der Waals surface area contributed by atoms with Crippen molar-refractivity contribution in [2.75, 3.05) is 20.8 Å². The van der Waals surface area contributed by atoms with E-state index in [1.807, 2.05) is 6.92 Å². The lowest BCUT2D eigenvalue weighted by molar-refractivity contribution is -0.123. The molecule has 30 heavy (non-hydrogen) atoms. The van der Waals surface area contributed by atoms with Crippen LogP contribution in [0, 0.1) is 5.82 Å². The van der Waals surface area contributed by atoms with Gasteiger partial charge in [-0.25, -0.2) is 4.39 Å². The van der Waals surface area contributed by atoms with Gasteiger partial charge in [0.05, 0.1) is 20.6 Å². The number of rotatable bonds is 10. The maximum absolute atomic E-state index is 13.4. The Balaban J connectivity index is 2.24. The molecule has 6 nitrogen and oxygen atoms in total. The van der Waals surface area contributed by atoms with Gasteiger partial charge in [0.1, 0.15) is 11.5 Å². The SMILES string of the molecule is CCCCNC(=O)/C(=C/c1ccc(OC)c(OC)c1)NC(=O)Cc1cccc(F)c1. The molecule has 0 atom stereocenters. The highest BCUT2D eigenvalue weighted by Gasteiger charge is 2.14. The Morgan fingerprint density at radius 2 is 1.83 bits per heavy atom. The number of hydrogen-bond donors (Lipinski definition) is 2. The summed E-state index contributed by atoms with van der Waals surface area (Å²) in [5.41, 5.74) is 1.27. The van der Waals surface area contributed by atoms with E-state index in [0.29, 0.717) is 29.2 Å². The van der Waals surface area contributed by atoms with Crippen molar-refractivity contribution in [2.24, 2.45) is 0 Å². The summed E-state index contributed by atoms with van der Waals surface area (Å²) in [6.07, 6.45) is 3.27. The summed E-state index contributed by atoms with van der Waals surface area (Å²) in [7, 11) is 3.05. The summed E-state index contributed by atoms with van der Waals surface area (Å²) in [6, 6.07) is 11.0. The second-order valence-electron chi connectivity index (χ2n) is 6.64. The minimum atomic E-state index is -0.419. The van der Waals surface area contributed by atoms with Crippen molar-refractivity contribution in [3.05, 3.63) is 65.1 Å². The zero-order valence-electron chi connectivity index (χ0n) is 17.5. The van der Waals surface area contributed by atoms with Crippen LogP contribution in [0.3, 0.4) is 0 Å². The topological polar surface area (TPSA) is 76.7 Å². The largest absolute Gasteiger partial charge is 0.493 e. The normalized spacial score (nSPS) is 11.0. The smallest absolute Gasteiger partial charge is 0.267 e. The second kappa shape index (κ2) is 11.6. The molecule has 160 valence electrons. The summed E-state index contributed by atoms with van der Waals surface area (Å²) >= 11 is 0. The fourth-order valence-electron chi connectivity index (χ4n) is 2.77. The van der Waals surface area contributed by atoms with Crippen LogP contribution in [0.4, 0.5) is 4.39 Å². The van der Waals surface area contributed by atoms with Crippen molar-refractivity contribution < 1.29 is 23.5 Å². The van der Waals surface area contributed by atoms with Crippen molar-refractivity contribution in [1.82, 2.24) is 10.6 Å². The van der Waals surface area contributed by atoms with Crippen LogP contribution >= 0.6 is 0 Å². The van der Waals surface area contributed by atoms with Gasteiger partial charge in [-0.1, -0.05) is 31.5 Å². The van der Waals surface area contributed by atoms with E-state index in [-0.39, 0.29) is 12.1 Å². The lowest BCUT2D eigenvalue weighted by Crippen LogP contribution is -2.36. The Hall–Kier alpha value is -3.35. The predicted molar refractivity (Wildman–Crippen MR) is 114 cm³/mol. The molecule has 0 saturated heterocycles. The first kappa shape index (κ1) is 22.9. The zero-order valence-corrected chi connectivity index (χ0v) is 17.5. The summed E-state index contributed by atoms with van der Waals surface area (Å²) in [4.78, 5) is 25.1. The number of halogens is 1. The summed E-state index contributed by atoms with van der Waals surface area (Å²) < 4.78 is 23.9. The van der Waals surface area contributed by atoms with Crippen LogP contribution in [0.25, 0.3) is 6.08 Å². The van der Waals surface area contributed by atoms with E-state index in [4.69, 9.17) is 9.47 Å². The molecule has 0 aliphatic rings. The Labute approximate surface area is 176 Å². The van der Waals surface area contributed by atoms with Gasteiger partial charge in [0.25, 0.3) is 5.91 Å². The molecule has 0 aliphatic carbocycles. The molecular formula is C23H27FN2O4. The number of hydrogen-bond acceptors (Lipinski definition) is 4. The molecule has 0 aromatic heterocycles. The van der Waals surface area contributed by atoms with Gasteiger partial charge in [0, 0.05) is 6.54 Å². The predicted octanol–water partition coefficient (Wildman–Crippen LogP) is 3.46. The summed E-state index contributed by atoms with van der Waals surface area (Å²) in [5, 5.41) is 5.44. The molecule has 7 heteroatoms. The molecule has 0 radical (unpaired) electrons. The summed E-state index contributed by atoms with van der Waals surface area (Å²) in [6.45, 7) is 2.52. The van der Waals surface area contributed by atoms with Gasteiger partial charge < -0.3 is 20.1 Å². The number of methoxy groups -OCH3 is 2. The second-order valence-corrected chi connectivity index (χ2v) is 6.64. The third kappa shape index (κ3) is 6.92. The highest BCUT2D eigenvalue weighted by Crippen LogP contribution is 2.28. The maximum atomic E-state index is 13.4. The number of unbranched alkanes of at least 4 members (excludes halogenated alkanes) is 1. The van der Waals surface area contributed by atoms with E-state index in [0.717, 1.165) is 12.8 Å². The van der Waals surface area contributed by atoms with Crippen LogP contribution in [0.2, 0.25) is 0 Å². The fourth-order valence-corrected chi connectivity index (χ4v) is 2.77. The standard InChI is InChI=1S/C23H27FN2O4/c1-4-5-11-25-23(28)19(13-17-9-10-20(29-2)21(14-17)30-3)26-22(27)15-16-7-6-8-18(24)12-16/h6-10,12-14H,4-5,11,15H2,1-3H3,(H,25,28)(H,26,27)/b19-13-. The van der Waals surface area contributed by atoms with Crippen molar-refractivity contribution in [2.45, 2.75) is 26.2 Å². The van der Waals surface area contributed by atoms with Gasteiger partial charge in [-0.3, -0.25) is 9.59 Å². The first-order chi connectivity index (χ1) is 14.5. The molecule has 0 fully saturated rings. The molecule has 2 aromatic carbocycles. The lowest BCUT2D eigenvalue weighted by Gasteiger charge is -2.12. The highest BCUT2D eigenvalue weighted by atomic mass is 19.1. The Morgan fingerprint density at radius 3 is 2.50 bits per heavy atom. The lowest BCUT2D eigenvalue weighted by atomic mass is 10.1. The van der Waals surface area contributed by atoms with Gasteiger partial charge in [0.2, 0.25) is 5.91 Å². The first-order valence-electron chi connectivity index (χ1n) is 9.73. The van der Waals surface area contributed by atoms with Crippen molar-refractivity contribution in [3.8, 4) is 11.5 Å². The molecule has 2 N–H and O–H groups in total. The van der Waals surface area contributed by atoms with Crippen LogP contribution in [0.15, 0.2) is 48.2 Å². The van der Waals surface area contributed by atoms with Gasteiger partial charge in [-0.15, -0.1) is 0 Å². The van der Waals surface area contributed by atoms with E-state index in [1.54, 1.807) is 30.3 Å². The minimum Gasteiger partial charge on any atom is -0.493 e. The van der Waals surface area contributed by atoms with E-state index in [9.17, 15) is 14.0 Å². The van der Waals surface area contributed by atoms with E-state index in [1.165, 1.54) is 32.4 Å². The average molecular weight is 414 g/mol. The van der Waals surface area contributed by atoms with E-state index < -0.39 is 17.6 Å².